The number of sulfonamides is 1. The van der Waals surface area contributed by atoms with Crippen LogP contribution in [0.15, 0.2) is 23.1 Å². The standard InChI is InChI=1S/C14H19N3O3S/c1-10-9-12(7-6-11(10)5-4-8-15)21(19,20)17-14(2,3)13(16)18/h6-7,9,17H,8,15H2,1-3H3,(H2,16,18). The molecule has 1 aromatic rings. The molecule has 114 valence electrons. The summed E-state index contributed by atoms with van der Waals surface area (Å²) in [6.07, 6.45) is 0. The van der Waals surface area contributed by atoms with Crippen LogP contribution in [0.4, 0.5) is 0 Å². The van der Waals surface area contributed by atoms with Crippen LogP contribution in [0, 0.1) is 18.8 Å². The molecule has 5 N–H and O–H groups in total. The number of amides is 1. The second kappa shape index (κ2) is 6.26. The van der Waals surface area contributed by atoms with E-state index in [0.29, 0.717) is 11.1 Å². The number of aryl methyl sites for hydroxylation is 1. The van der Waals surface area contributed by atoms with Crippen LogP contribution in [0.5, 0.6) is 0 Å². The number of nitrogens with one attached hydrogen (secondary N) is 1. The van der Waals surface area contributed by atoms with E-state index in [1.165, 1.54) is 26.0 Å². The Balaban J connectivity index is 3.16. The molecule has 0 fully saturated rings. The fraction of sp³-hybridized carbons (Fsp3) is 0.357. The van der Waals surface area contributed by atoms with E-state index in [1.54, 1.807) is 13.0 Å². The minimum atomic E-state index is -3.85. The van der Waals surface area contributed by atoms with Crippen molar-refractivity contribution >= 4 is 15.9 Å². The van der Waals surface area contributed by atoms with Gasteiger partial charge in [-0.2, -0.15) is 4.72 Å². The van der Waals surface area contributed by atoms with Crippen LogP contribution in [0.2, 0.25) is 0 Å². The first-order valence-corrected chi connectivity index (χ1v) is 7.72. The summed E-state index contributed by atoms with van der Waals surface area (Å²) in [5, 5.41) is 0. The monoisotopic (exact) mass is 309 g/mol. The number of primary amides is 1. The van der Waals surface area contributed by atoms with E-state index in [2.05, 4.69) is 16.6 Å². The molecule has 7 heteroatoms. The van der Waals surface area contributed by atoms with Crippen LogP contribution in [0.1, 0.15) is 25.0 Å². The summed E-state index contributed by atoms with van der Waals surface area (Å²) in [5.41, 5.74) is 10.5. The van der Waals surface area contributed by atoms with Gasteiger partial charge in [0.15, 0.2) is 0 Å². The molecule has 0 radical (unpaired) electrons. The average Bonchev–Trinajstić information content (AvgIpc) is 2.35. The molecule has 0 aliphatic heterocycles. The van der Waals surface area contributed by atoms with Gasteiger partial charge in [-0.3, -0.25) is 4.79 Å². The second-order valence-corrected chi connectivity index (χ2v) is 6.76. The smallest absolute Gasteiger partial charge is 0.241 e. The maximum atomic E-state index is 12.3. The van der Waals surface area contributed by atoms with E-state index in [-0.39, 0.29) is 11.4 Å². The van der Waals surface area contributed by atoms with Gasteiger partial charge in [0.1, 0.15) is 5.54 Å². The average molecular weight is 309 g/mol. The molecule has 0 aliphatic rings. The van der Waals surface area contributed by atoms with E-state index in [0.717, 1.165) is 0 Å². The highest BCUT2D eigenvalue weighted by Gasteiger charge is 2.31. The molecule has 6 nitrogen and oxygen atoms in total. The Labute approximate surface area is 125 Å². The van der Waals surface area contributed by atoms with Gasteiger partial charge < -0.3 is 11.5 Å². The van der Waals surface area contributed by atoms with Crippen molar-refractivity contribution in [1.29, 1.82) is 0 Å². The lowest BCUT2D eigenvalue weighted by Gasteiger charge is -2.22. The van der Waals surface area contributed by atoms with Crippen molar-refractivity contribution in [3.8, 4) is 11.8 Å². The molecule has 1 aromatic carbocycles. The summed E-state index contributed by atoms with van der Waals surface area (Å²) in [4.78, 5) is 11.3. The Morgan fingerprint density at radius 3 is 2.48 bits per heavy atom. The molecule has 0 saturated heterocycles. The summed E-state index contributed by atoms with van der Waals surface area (Å²) in [5.74, 6) is 4.81. The molecule has 0 unspecified atom stereocenters. The van der Waals surface area contributed by atoms with Crippen LogP contribution in [-0.4, -0.2) is 26.4 Å². The zero-order valence-corrected chi connectivity index (χ0v) is 13.0. The summed E-state index contributed by atoms with van der Waals surface area (Å²) in [6.45, 7) is 4.79. The lowest BCUT2D eigenvalue weighted by Crippen LogP contribution is -2.52. The Bertz CT molecular complexity index is 713. The lowest BCUT2D eigenvalue weighted by atomic mass is 10.1. The number of carbonyl (C=O) groups excluding carboxylic acids is 1. The zero-order chi connectivity index (χ0) is 16.3. The van der Waals surface area contributed by atoms with Gasteiger partial charge in [0, 0.05) is 5.56 Å². The van der Waals surface area contributed by atoms with Gasteiger partial charge >= 0.3 is 0 Å². The molecule has 0 aromatic heterocycles. The Morgan fingerprint density at radius 2 is 2.00 bits per heavy atom. The molecular formula is C14H19N3O3S. The summed E-state index contributed by atoms with van der Waals surface area (Å²) in [7, 11) is -3.85. The van der Waals surface area contributed by atoms with Crippen molar-refractivity contribution in [2.24, 2.45) is 11.5 Å². The molecular weight excluding hydrogens is 290 g/mol. The lowest BCUT2D eigenvalue weighted by molar-refractivity contribution is -0.122. The third-order valence-electron chi connectivity index (χ3n) is 2.84. The van der Waals surface area contributed by atoms with Gasteiger partial charge in [0.05, 0.1) is 11.4 Å². The molecule has 0 heterocycles. The minimum Gasteiger partial charge on any atom is -0.368 e. The van der Waals surface area contributed by atoms with Crippen LogP contribution >= 0.6 is 0 Å². The van der Waals surface area contributed by atoms with Gasteiger partial charge in [-0.05, 0) is 44.5 Å². The zero-order valence-electron chi connectivity index (χ0n) is 12.2. The number of rotatable bonds is 4. The van der Waals surface area contributed by atoms with Crippen molar-refractivity contribution in [1.82, 2.24) is 4.72 Å². The van der Waals surface area contributed by atoms with E-state index in [9.17, 15) is 13.2 Å². The summed E-state index contributed by atoms with van der Waals surface area (Å²) >= 11 is 0. The predicted molar refractivity (Wildman–Crippen MR) is 80.7 cm³/mol. The quantitative estimate of drug-likeness (QED) is 0.671. The molecule has 21 heavy (non-hydrogen) atoms. The second-order valence-electron chi connectivity index (χ2n) is 5.08. The van der Waals surface area contributed by atoms with Crippen LogP contribution in [0.3, 0.4) is 0 Å². The van der Waals surface area contributed by atoms with E-state index < -0.39 is 21.5 Å². The van der Waals surface area contributed by atoms with Gasteiger partial charge in [0.2, 0.25) is 15.9 Å². The van der Waals surface area contributed by atoms with Gasteiger partial charge in [-0.25, -0.2) is 8.42 Å². The van der Waals surface area contributed by atoms with Crippen LogP contribution in [-0.2, 0) is 14.8 Å². The third-order valence-corrected chi connectivity index (χ3v) is 4.49. The fourth-order valence-corrected chi connectivity index (χ4v) is 3.00. The predicted octanol–water partition coefficient (Wildman–Crippen LogP) is -0.153. The van der Waals surface area contributed by atoms with Crippen LogP contribution in [0.25, 0.3) is 0 Å². The molecule has 0 saturated carbocycles. The van der Waals surface area contributed by atoms with E-state index in [4.69, 9.17) is 11.5 Å². The minimum absolute atomic E-state index is 0.0487. The topological polar surface area (TPSA) is 115 Å². The molecule has 0 aliphatic carbocycles. The molecule has 0 spiro atoms. The van der Waals surface area contributed by atoms with Crippen molar-refractivity contribution in [2.45, 2.75) is 31.2 Å². The fourth-order valence-electron chi connectivity index (χ4n) is 1.53. The Kier molecular flexibility index (Phi) is 5.12. The number of hydrogen-bond acceptors (Lipinski definition) is 4. The molecule has 1 rings (SSSR count). The first-order chi connectivity index (χ1) is 9.60. The number of hydrogen-bond donors (Lipinski definition) is 3. The molecule has 0 bridgehead atoms. The summed E-state index contributed by atoms with van der Waals surface area (Å²) < 4.78 is 26.8. The highest BCUT2D eigenvalue weighted by Crippen LogP contribution is 2.17. The van der Waals surface area contributed by atoms with Gasteiger partial charge in [-0.1, -0.05) is 11.8 Å². The van der Waals surface area contributed by atoms with Crippen molar-refractivity contribution < 1.29 is 13.2 Å². The van der Waals surface area contributed by atoms with Crippen molar-refractivity contribution in [2.75, 3.05) is 6.54 Å². The van der Waals surface area contributed by atoms with E-state index in [1.807, 2.05) is 0 Å². The Hall–Kier alpha value is -1.88. The van der Waals surface area contributed by atoms with Gasteiger partial charge in [-0.15, -0.1) is 0 Å². The largest absolute Gasteiger partial charge is 0.368 e. The SMILES string of the molecule is Cc1cc(S(=O)(=O)NC(C)(C)C(N)=O)ccc1C#CCN. The van der Waals surface area contributed by atoms with E-state index >= 15 is 0 Å². The third kappa shape index (κ3) is 4.29. The normalized spacial score (nSPS) is 11.6. The highest BCUT2D eigenvalue weighted by atomic mass is 32.2. The molecule has 0 atom stereocenters. The van der Waals surface area contributed by atoms with Crippen LogP contribution < -0.4 is 16.2 Å². The van der Waals surface area contributed by atoms with Crippen molar-refractivity contribution in [3.05, 3.63) is 29.3 Å². The first-order valence-electron chi connectivity index (χ1n) is 6.23. The number of benzene rings is 1. The van der Waals surface area contributed by atoms with Gasteiger partial charge in [0.25, 0.3) is 0 Å². The maximum Gasteiger partial charge on any atom is 0.241 e. The molecule has 1 amide bonds. The highest BCUT2D eigenvalue weighted by molar-refractivity contribution is 7.89. The first kappa shape index (κ1) is 17.2. The number of nitrogens with two attached hydrogens (primary N) is 2. The summed E-state index contributed by atoms with van der Waals surface area (Å²) in [6, 6.07) is 4.51. The maximum absolute atomic E-state index is 12.3. The Morgan fingerprint density at radius 1 is 1.38 bits per heavy atom. The van der Waals surface area contributed by atoms with Crippen molar-refractivity contribution in [3.63, 3.8) is 0 Å². The number of carbonyl (C=O) groups is 1.